The van der Waals surface area contributed by atoms with Crippen molar-refractivity contribution in [1.29, 1.82) is 0 Å². The molecule has 2 heterocycles. The first kappa shape index (κ1) is 21.0. The third kappa shape index (κ3) is 6.48. The topological polar surface area (TPSA) is 50.1 Å². The molecule has 146 valence electrons. The van der Waals surface area contributed by atoms with Crippen molar-refractivity contribution in [2.75, 3.05) is 18.4 Å². The number of aryl methyl sites for hydroxylation is 1. The molecule has 26 heavy (non-hydrogen) atoms. The van der Waals surface area contributed by atoms with Gasteiger partial charge in [0.2, 0.25) is 0 Å². The van der Waals surface area contributed by atoms with Crippen molar-refractivity contribution in [2.24, 2.45) is 0 Å². The molecule has 1 atom stereocenters. The Labute approximate surface area is 163 Å². The summed E-state index contributed by atoms with van der Waals surface area (Å²) in [5.41, 5.74) is 3.24. The Morgan fingerprint density at radius 1 is 1.12 bits per heavy atom. The number of rotatable bonds is 11. The smallest absolute Gasteiger partial charge is 0.295 e. The van der Waals surface area contributed by atoms with E-state index in [9.17, 15) is 0 Å². The average Bonchev–Trinajstić information content (AvgIpc) is 3.26. The van der Waals surface area contributed by atoms with Gasteiger partial charge in [-0.2, -0.15) is 4.98 Å². The second kappa shape index (κ2) is 11.5. The molecule has 1 aromatic heterocycles. The van der Waals surface area contributed by atoms with E-state index in [1.54, 1.807) is 0 Å². The number of hydrogen-bond acceptors (Lipinski definition) is 4. The van der Waals surface area contributed by atoms with Crippen LogP contribution in [0.15, 0.2) is 22.6 Å². The number of fused-ring (bicyclic) bond motifs is 1. The van der Waals surface area contributed by atoms with Crippen LogP contribution < -0.4 is 10.6 Å². The zero-order chi connectivity index (χ0) is 17.3. The summed E-state index contributed by atoms with van der Waals surface area (Å²) >= 11 is 0. The fraction of sp³-hybridized carbons (Fsp3) is 0.667. The Balaban J connectivity index is 0.00000243. The van der Waals surface area contributed by atoms with Gasteiger partial charge in [0.1, 0.15) is 5.52 Å². The number of unbranched alkanes of at least 4 members (excludes halogenated alkanes) is 7. The number of anilines is 1. The zero-order valence-electron chi connectivity index (χ0n) is 16.1. The predicted octanol–water partition coefficient (Wildman–Crippen LogP) is 5.71. The lowest BCUT2D eigenvalue weighted by Crippen LogP contribution is -2.22. The van der Waals surface area contributed by atoms with Gasteiger partial charge in [0.05, 0.1) is 0 Å². The first-order valence-corrected chi connectivity index (χ1v) is 10.2. The molecule has 0 unspecified atom stereocenters. The highest BCUT2D eigenvalue weighted by atomic mass is 35.5. The number of hydrogen-bond donors (Lipinski definition) is 2. The van der Waals surface area contributed by atoms with Crippen LogP contribution in [0, 0.1) is 0 Å². The van der Waals surface area contributed by atoms with E-state index in [2.05, 4.69) is 40.7 Å². The van der Waals surface area contributed by atoms with Gasteiger partial charge in [0.25, 0.3) is 6.01 Å². The molecule has 2 N–H and O–H groups in total. The molecule has 1 saturated heterocycles. The van der Waals surface area contributed by atoms with Crippen molar-refractivity contribution in [3.63, 3.8) is 0 Å². The maximum absolute atomic E-state index is 5.82. The molecule has 0 radical (unpaired) electrons. The normalized spacial score (nSPS) is 16.7. The molecule has 1 aliphatic rings. The third-order valence-corrected chi connectivity index (χ3v) is 5.16. The summed E-state index contributed by atoms with van der Waals surface area (Å²) < 4.78 is 5.82. The van der Waals surface area contributed by atoms with E-state index in [0.717, 1.165) is 37.0 Å². The first-order valence-electron chi connectivity index (χ1n) is 10.2. The molecular weight excluding hydrogens is 346 g/mol. The Morgan fingerprint density at radius 3 is 2.62 bits per heavy atom. The van der Waals surface area contributed by atoms with E-state index in [0.29, 0.717) is 12.1 Å². The summed E-state index contributed by atoms with van der Waals surface area (Å²) in [7, 11) is 0. The van der Waals surface area contributed by atoms with Gasteiger partial charge < -0.3 is 15.1 Å². The second-order valence-corrected chi connectivity index (χ2v) is 7.38. The van der Waals surface area contributed by atoms with E-state index in [1.165, 1.54) is 56.9 Å². The Bertz CT molecular complexity index is 637. The van der Waals surface area contributed by atoms with Gasteiger partial charge >= 0.3 is 0 Å². The van der Waals surface area contributed by atoms with Crippen molar-refractivity contribution in [1.82, 2.24) is 10.3 Å². The van der Waals surface area contributed by atoms with Crippen LogP contribution in [0.25, 0.3) is 11.1 Å². The fourth-order valence-electron chi connectivity index (χ4n) is 3.61. The van der Waals surface area contributed by atoms with Crippen LogP contribution in [-0.2, 0) is 6.42 Å². The maximum atomic E-state index is 5.82. The van der Waals surface area contributed by atoms with Crippen LogP contribution in [0.1, 0.15) is 70.3 Å². The Morgan fingerprint density at radius 2 is 1.88 bits per heavy atom. The van der Waals surface area contributed by atoms with E-state index in [-0.39, 0.29) is 12.4 Å². The molecule has 5 heteroatoms. The summed E-state index contributed by atoms with van der Waals surface area (Å²) in [5.74, 6) is 0. The molecule has 3 rings (SSSR count). The minimum absolute atomic E-state index is 0. The Kier molecular flexibility index (Phi) is 9.27. The number of halogens is 1. The molecule has 1 fully saturated rings. The highest BCUT2D eigenvalue weighted by Gasteiger charge is 2.16. The van der Waals surface area contributed by atoms with Gasteiger partial charge in [-0.1, -0.05) is 57.9 Å². The minimum atomic E-state index is 0. The Hall–Kier alpha value is -1.26. The van der Waals surface area contributed by atoms with Crippen LogP contribution >= 0.6 is 12.4 Å². The molecular formula is C21H34ClN3O. The summed E-state index contributed by atoms with van der Waals surface area (Å²) in [4.78, 5) is 4.62. The largest absolute Gasteiger partial charge is 0.424 e. The summed E-state index contributed by atoms with van der Waals surface area (Å²) in [6.45, 7) is 4.33. The van der Waals surface area contributed by atoms with E-state index in [4.69, 9.17) is 4.42 Å². The van der Waals surface area contributed by atoms with Crippen LogP contribution in [0.2, 0.25) is 0 Å². The van der Waals surface area contributed by atoms with Crippen LogP contribution in [0.5, 0.6) is 0 Å². The third-order valence-electron chi connectivity index (χ3n) is 5.16. The van der Waals surface area contributed by atoms with Gasteiger partial charge in [0.15, 0.2) is 5.58 Å². The van der Waals surface area contributed by atoms with Crippen molar-refractivity contribution >= 4 is 29.5 Å². The monoisotopic (exact) mass is 379 g/mol. The van der Waals surface area contributed by atoms with Gasteiger partial charge in [-0.05, 0) is 43.5 Å². The average molecular weight is 380 g/mol. The number of nitrogens with one attached hydrogen (secondary N) is 2. The molecule has 1 aromatic carbocycles. The van der Waals surface area contributed by atoms with Gasteiger partial charge in [0, 0.05) is 12.6 Å². The highest BCUT2D eigenvalue weighted by molar-refractivity contribution is 5.85. The molecule has 0 spiro atoms. The van der Waals surface area contributed by atoms with Crippen LogP contribution in [0.3, 0.4) is 0 Å². The summed E-state index contributed by atoms with van der Waals surface area (Å²) in [6, 6.07) is 7.55. The SMILES string of the molecule is CCCCCCCCCCc1ccc2oc(N[C@@H]3CCNC3)nc2c1.Cl. The summed E-state index contributed by atoms with van der Waals surface area (Å²) in [5, 5.41) is 6.74. The molecule has 0 amide bonds. The highest BCUT2D eigenvalue weighted by Crippen LogP contribution is 2.22. The van der Waals surface area contributed by atoms with Crippen molar-refractivity contribution in [3.8, 4) is 0 Å². The standard InChI is InChI=1S/C21H33N3O.ClH/c1-2-3-4-5-6-7-8-9-10-17-11-12-20-19(15-17)24-21(25-20)23-18-13-14-22-16-18;/h11-12,15,18,22H,2-10,13-14,16H2,1H3,(H,23,24);1H/t18-;/m1./s1. The number of oxazole rings is 1. The van der Waals surface area contributed by atoms with Crippen molar-refractivity contribution < 1.29 is 4.42 Å². The van der Waals surface area contributed by atoms with Gasteiger partial charge in [-0.25, -0.2) is 0 Å². The predicted molar refractivity (Wildman–Crippen MR) is 112 cm³/mol. The number of aromatic nitrogens is 1. The van der Waals surface area contributed by atoms with Crippen molar-refractivity contribution in [2.45, 2.75) is 77.2 Å². The summed E-state index contributed by atoms with van der Waals surface area (Å²) in [6.07, 6.45) is 13.2. The maximum Gasteiger partial charge on any atom is 0.295 e. The van der Waals surface area contributed by atoms with Gasteiger partial charge in [-0.3, -0.25) is 0 Å². The van der Waals surface area contributed by atoms with Crippen molar-refractivity contribution in [3.05, 3.63) is 23.8 Å². The van der Waals surface area contributed by atoms with E-state index in [1.807, 2.05) is 0 Å². The van der Waals surface area contributed by atoms with Crippen LogP contribution in [0.4, 0.5) is 6.01 Å². The van der Waals surface area contributed by atoms with E-state index < -0.39 is 0 Å². The minimum Gasteiger partial charge on any atom is -0.424 e. The van der Waals surface area contributed by atoms with E-state index >= 15 is 0 Å². The number of benzene rings is 1. The quantitative estimate of drug-likeness (QED) is 0.491. The zero-order valence-corrected chi connectivity index (χ0v) is 16.9. The second-order valence-electron chi connectivity index (χ2n) is 7.38. The van der Waals surface area contributed by atoms with Crippen LogP contribution in [-0.4, -0.2) is 24.1 Å². The molecule has 0 bridgehead atoms. The molecule has 4 nitrogen and oxygen atoms in total. The molecule has 0 aliphatic carbocycles. The lowest BCUT2D eigenvalue weighted by molar-refractivity contribution is 0.575. The lowest BCUT2D eigenvalue weighted by atomic mass is 10.0. The molecule has 0 saturated carbocycles. The molecule has 2 aromatic rings. The fourth-order valence-corrected chi connectivity index (χ4v) is 3.61. The van der Waals surface area contributed by atoms with Gasteiger partial charge in [-0.15, -0.1) is 12.4 Å². The number of nitrogens with zero attached hydrogens (tertiary/aromatic N) is 1. The lowest BCUT2D eigenvalue weighted by Gasteiger charge is -2.07. The first-order chi connectivity index (χ1) is 12.3. The molecule has 1 aliphatic heterocycles.